The lowest BCUT2D eigenvalue weighted by molar-refractivity contribution is -0.126. The summed E-state index contributed by atoms with van der Waals surface area (Å²) in [5.74, 6) is 5.83. The van der Waals surface area contributed by atoms with Gasteiger partial charge in [-0.3, -0.25) is 9.59 Å². The zero-order valence-electron chi connectivity index (χ0n) is 21.4. The van der Waals surface area contributed by atoms with Crippen LogP contribution < -0.4 is 10.6 Å². The van der Waals surface area contributed by atoms with E-state index >= 15 is 0 Å². The number of hydrogen-bond acceptors (Lipinski definition) is 8. The van der Waals surface area contributed by atoms with Crippen molar-refractivity contribution >= 4 is 33.4 Å². The molecule has 0 saturated heterocycles. The standard InChI is InChI=1S/C21H38N2O6S2.C2H6/c1-6-20(28-13-11-26-15-18(24)22-5)30-31-21(7-2)29-14-12-27-16-19(25)23-10-8-9-17(3)4;1-2/h17,20-21H,6-7,10-16H2,1-5H3,(H,22,24)(H,23,25);1-2H3. The fourth-order valence-corrected chi connectivity index (χ4v) is 4.60. The van der Waals surface area contributed by atoms with Crippen LogP contribution in [-0.2, 0) is 28.5 Å². The fraction of sp³-hybridized carbons (Fsp3) is 0.826. The second-order valence-electron chi connectivity index (χ2n) is 6.64. The molecule has 0 aromatic rings. The Morgan fingerprint density at radius 1 is 0.848 bits per heavy atom. The fourth-order valence-electron chi connectivity index (χ4n) is 1.88. The maximum absolute atomic E-state index is 11.6. The van der Waals surface area contributed by atoms with Crippen LogP contribution in [0, 0.1) is 17.8 Å². The number of amides is 2. The lowest BCUT2D eigenvalue weighted by Crippen LogP contribution is -2.28. The van der Waals surface area contributed by atoms with Crippen molar-refractivity contribution in [3.05, 3.63) is 0 Å². The van der Waals surface area contributed by atoms with Crippen molar-refractivity contribution in [1.82, 2.24) is 10.6 Å². The normalized spacial score (nSPS) is 12.1. The Bertz CT molecular complexity index is 541. The Morgan fingerprint density at radius 3 is 1.76 bits per heavy atom. The molecule has 0 aromatic heterocycles. The zero-order valence-corrected chi connectivity index (χ0v) is 23.0. The van der Waals surface area contributed by atoms with Crippen molar-refractivity contribution in [3.63, 3.8) is 0 Å². The van der Waals surface area contributed by atoms with E-state index in [4.69, 9.17) is 18.9 Å². The van der Waals surface area contributed by atoms with Crippen LogP contribution in [0.25, 0.3) is 0 Å². The highest BCUT2D eigenvalue weighted by Gasteiger charge is 2.14. The van der Waals surface area contributed by atoms with Crippen molar-refractivity contribution in [2.45, 2.75) is 65.3 Å². The Morgan fingerprint density at radius 2 is 1.33 bits per heavy atom. The van der Waals surface area contributed by atoms with E-state index in [0.29, 0.717) is 38.9 Å². The van der Waals surface area contributed by atoms with Gasteiger partial charge in [0.05, 0.1) is 33.0 Å². The van der Waals surface area contributed by atoms with E-state index in [-0.39, 0.29) is 35.9 Å². The number of nitrogens with one attached hydrogen (secondary N) is 2. The molecular formula is C23H44N2O6S2. The summed E-state index contributed by atoms with van der Waals surface area (Å²) in [6.07, 6.45) is 1.70. The maximum atomic E-state index is 11.6. The number of carbonyl (C=O) groups excluding carboxylic acids is 2. The highest BCUT2D eigenvalue weighted by molar-refractivity contribution is 8.77. The summed E-state index contributed by atoms with van der Waals surface area (Å²) in [4.78, 5) is 22.7. The quantitative estimate of drug-likeness (QED) is 0.126. The first-order chi connectivity index (χ1) is 15.9. The van der Waals surface area contributed by atoms with Gasteiger partial charge in [-0.05, 0) is 12.8 Å². The summed E-state index contributed by atoms with van der Waals surface area (Å²) in [7, 11) is 4.82. The van der Waals surface area contributed by atoms with E-state index in [0.717, 1.165) is 12.8 Å². The van der Waals surface area contributed by atoms with Crippen molar-refractivity contribution in [1.29, 1.82) is 0 Å². The topological polar surface area (TPSA) is 95.1 Å². The number of hydrogen-bond donors (Lipinski definition) is 2. The number of carbonyl (C=O) groups is 2. The molecule has 0 fully saturated rings. The highest BCUT2D eigenvalue weighted by Crippen LogP contribution is 2.35. The molecule has 0 bridgehead atoms. The van der Waals surface area contributed by atoms with Gasteiger partial charge in [0, 0.05) is 13.0 Å². The average molecular weight is 509 g/mol. The van der Waals surface area contributed by atoms with Gasteiger partial charge in [0.2, 0.25) is 11.8 Å². The molecule has 0 saturated carbocycles. The van der Waals surface area contributed by atoms with Crippen LogP contribution in [0.3, 0.4) is 0 Å². The number of rotatable bonds is 18. The zero-order chi connectivity index (χ0) is 25.3. The molecule has 0 aliphatic carbocycles. The summed E-state index contributed by atoms with van der Waals surface area (Å²) in [5.41, 5.74) is 0.0286. The third-order valence-electron chi connectivity index (χ3n) is 3.51. The molecule has 2 amide bonds. The van der Waals surface area contributed by atoms with Crippen LogP contribution in [0.1, 0.15) is 54.4 Å². The third kappa shape index (κ3) is 24.0. The monoisotopic (exact) mass is 508 g/mol. The Balaban J connectivity index is 0. The van der Waals surface area contributed by atoms with E-state index in [2.05, 4.69) is 36.3 Å². The number of ether oxygens (including phenoxy) is 4. The van der Waals surface area contributed by atoms with E-state index in [9.17, 15) is 9.59 Å². The molecule has 10 heteroatoms. The molecule has 2 atom stereocenters. The van der Waals surface area contributed by atoms with E-state index < -0.39 is 0 Å². The largest absolute Gasteiger partial charge is 0.369 e. The summed E-state index contributed by atoms with van der Waals surface area (Å²) in [6, 6.07) is 0. The molecule has 8 nitrogen and oxygen atoms in total. The van der Waals surface area contributed by atoms with Gasteiger partial charge in [0.15, 0.2) is 0 Å². The van der Waals surface area contributed by atoms with Gasteiger partial charge in [-0.2, -0.15) is 0 Å². The summed E-state index contributed by atoms with van der Waals surface area (Å²) >= 11 is 0. The summed E-state index contributed by atoms with van der Waals surface area (Å²) in [5, 5.41) is 5.19. The molecule has 2 unspecified atom stereocenters. The van der Waals surface area contributed by atoms with Gasteiger partial charge in [-0.25, -0.2) is 0 Å². The van der Waals surface area contributed by atoms with Crippen molar-refractivity contribution in [2.75, 3.05) is 53.2 Å². The molecule has 33 heavy (non-hydrogen) atoms. The van der Waals surface area contributed by atoms with Crippen molar-refractivity contribution < 1.29 is 28.5 Å². The minimum Gasteiger partial charge on any atom is -0.369 e. The van der Waals surface area contributed by atoms with Crippen LogP contribution in [0.4, 0.5) is 0 Å². The van der Waals surface area contributed by atoms with Crippen LogP contribution in [0.15, 0.2) is 0 Å². The molecule has 2 N–H and O–H groups in total. The average Bonchev–Trinajstić information content (AvgIpc) is 2.82. The van der Waals surface area contributed by atoms with Crippen LogP contribution in [-0.4, -0.2) is 75.9 Å². The summed E-state index contributed by atoms with van der Waals surface area (Å²) in [6.45, 7) is 14.1. The lowest BCUT2D eigenvalue weighted by atomic mass is 10.2. The molecule has 0 heterocycles. The highest BCUT2D eigenvalue weighted by atomic mass is 33.1. The van der Waals surface area contributed by atoms with Gasteiger partial charge < -0.3 is 29.6 Å². The first kappa shape index (κ1) is 34.2. The predicted molar refractivity (Wildman–Crippen MR) is 138 cm³/mol. The van der Waals surface area contributed by atoms with Gasteiger partial charge in [0.25, 0.3) is 0 Å². The first-order valence-electron chi connectivity index (χ1n) is 11.6. The van der Waals surface area contributed by atoms with Crippen molar-refractivity contribution in [3.8, 4) is 11.8 Å². The Labute approximate surface area is 208 Å². The molecular weight excluding hydrogens is 464 g/mol. The van der Waals surface area contributed by atoms with E-state index in [1.54, 1.807) is 28.6 Å². The number of likely N-dealkylation sites (N-methyl/N-ethyl adjacent to an activating group) is 1. The minimum atomic E-state index is -0.183. The van der Waals surface area contributed by atoms with E-state index in [1.165, 1.54) is 0 Å². The maximum Gasteiger partial charge on any atom is 0.246 e. The molecule has 194 valence electrons. The molecule has 0 rings (SSSR count). The Hall–Kier alpha value is -0.960. The van der Waals surface area contributed by atoms with Gasteiger partial charge in [-0.15, -0.1) is 0 Å². The summed E-state index contributed by atoms with van der Waals surface area (Å²) < 4.78 is 22.2. The van der Waals surface area contributed by atoms with Gasteiger partial charge in [0.1, 0.15) is 24.1 Å². The van der Waals surface area contributed by atoms with Crippen LogP contribution in [0.5, 0.6) is 0 Å². The lowest BCUT2D eigenvalue weighted by Gasteiger charge is -2.19. The molecule has 0 radical (unpaired) electrons. The smallest absolute Gasteiger partial charge is 0.246 e. The van der Waals surface area contributed by atoms with Crippen LogP contribution in [0.2, 0.25) is 0 Å². The minimum absolute atomic E-state index is 0.000855. The van der Waals surface area contributed by atoms with E-state index in [1.807, 2.05) is 27.7 Å². The second-order valence-corrected chi connectivity index (χ2v) is 9.23. The molecule has 0 aliphatic heterocycles. The van der Waals surface area contributed by atoms with Gasteiger partial charge >= 0.3 is 0 Å². The second kappa shape index (κ2) is 25.7. The van der Waals surface area contributed by atoms with Gasteiger partial charge in [-0.1, -0.05) is 75.0 Å². The third-order valence-corrected chi connectivity index (χ3v) is 6.61. The molecule has 0 spiro atoms. The Kier molecular flexibility index (Phi) is 26.6. The predicted octanol–water partition coefficient (Wildman–Crippen LogP) is 3.45. The first-order valence-corrected chi connectivity index (χ1v) is 13.9. The molecule has 0 aromatic carbocycles. The molecule has 0 aliphatic rings. The SMILES string of the molecule is CC.CCC(OCCOCC(=O)NC)SSC(CC)OCCOCC(=O)NCC#CC(C)C. The van der Waals surface area contributed by atoms with Crippen LogP contribution >= 0.6 is 21.6 Å². The van der Waals surface area contributed by atoms with Crippen molar-refractivity contribution in [2.24, 2.45) is 5.92 Å².